The molecule has 1 aliphatic heterocycles. The van der Waals surface area contributed by atoms with Crippen LogP contribution in [0.4, 0.5) is 0 Å². The van der Waals surface area contributed by atoms with E-state index in [2.05, 4.69) is 4.98 Å². The topological polar surface area (TPSA) is 92.7 Å². The van der Waals surface area contributed by atoms with Crippen molar-refractivity contribution in [3.63, 3.8) is 0 Å². The molecular formula is C35H36N4O4. The van der Waals surface area contributed by atoms with Crippen LogP contribution in [0, 0.1) is 0 Å². The van der Waals surface area contributed by atoms with Crippen molar-refractivity contribution in [2.24, 2.45) is 0 Å². The molecule has 2 heterocycles. The SMILES string of the molecule is CCCc1nc(-c2ccccc2)nc(C(=O)N2CCN(C(=O)c3ccc(-c4ccccc4)cc3)C(C)C2)c1C(=O)OCC. The van der Waals surface area contributed by atoms with E-state index >= 15 is 0 Å². The third kappa shape index (κ3) is 6.48. The van der Waals surface area contributed by atoms with Crippen molar-refractivity contribution in [2.45, 2.75) is 39.7 Å². The molecule has 4 aromatic rings. The Morgan fingerprint density at radius 1 is 0.791 bits per heavy atom. The van der Waals surface area contributed by atoms with Gasteiger partial charge in [0.25, 0.3) is 11.8 Å². The molecule has 0 radical (unpaired) electrons. The number of aryl methyl sites for hydroxylation is 1. The fourth-order valence-electron chi connectivity index (χ4n) is 5.41. The van der Waals surface area contributed by atoms with Gasteiger partial charge in [-0.05, 0) is 43.5 Å². The van der Waals surface area contributed by atoms with Gasteiger partial charge in [-0.3, -0.25) is 9.59 Å². The predicted molar refractivity (Wildman–Crippen MR) is 166 cm³/mol. The van der Waals surface area contributed by atoms with Gasteiger partial charge in [0, 0.05) is 36.8 Å². The van der Waals surface area contributed by atoms with Gasteiger partial charge in [-0.1, -0.05) is 86.1 Å². The number of aromatic nitrogens is 2. The normalized spacial score (nSPS) is 14.8. The molecule has 3 aromatic carbocycles. The zero-order chi connectivity index (χ0) is 30.3. The molecule has 8 nitrogen and oxygen atoms in total. The van der Waals surface area contributed by atoms with E-state index in [0.717, 1.165) is 23.1 Å². The molecule has 5 rings (SSSR count). The Labute approximate surface area is 252 Å². The molecule has 0 aliphatic carbocycles. The molecule has 220 valence electrons. The molecule has 1 aliphatic rings. The van der Waals surface area contributed by atoms with Crippen molar-refractivity contribution in [1.82, 2.24) is 19.8 Å². The standard InChI is InChI=1S/C35H36N4O4/c1-4-12-29-30(35(42)43-5-2)31(37-32(36-29)27-15-10-7-11-16-27)34(41)38-21-22-39(24(3)23-38)33(40)28-19-17-26(18-20-28)25-13-8-6-9-14-25/h6-11,13-20,24H,4-5,12,21-23H2,1-3H3. The summed E-state index contributed by atoms with van der Waals surface area (Å²) in [6, 6.07) is 26.8. The first-order chi connectivity index (χ1) is 20.9. The zero-order valence-corrected chi connectivity index (χ0v) is 24.8. The summed E-state index contributed by atoms with van der Waals surface area (Å²) in [4.78, 5) is 53.5. The van der Waals surface area contributed by atoms with Crippen LogP contribution in [0.5, 0.6) is 0 Å². The second-order valence-electron chi connectivity index (χ2n) is 10.6. The summed E-state index contributed by atoms with van der Waals surface area (Å²) in [5.74, 6) is -0.660. The van der Waals surface area contributed by atoms with Crippen molar-refractivity contribution in [3.05, 3.63) is 107 Å². The average Bonchev–Trinajstić information content (AvgIpc) is 3.05. The van der Waals surface area contributed by atoms with E-state index < -0.39 is 5.97 Å². The highest BCUT2D eigenvalue weighted by molar-refractivity contribution is 6.05. The molecule has 0 bridgehead atoms. The largest absolute Gasteiger partial charge is 0.462 e. The Kier molecular flexibility index (Phi) is 9.25. The Hall–Kier alpha value is -4.85. The van der Waals surface area contributed by atoms with Crippen LogP contribution in [0.1, 0.15) is 64.1 Å². The molecule has 43 heavy (non-hydrogen) atoms. The van der Waals surface area contributed by atoms with Gasteiger partial charge in [0.05, 0.1) is 12.3 Å². The zero-order valence-electron chi connectivity index (χ0n) is 24.8. The first-order valence-electron chi connectivity index (χ1n) is 14.8. The number of esters is 1. The fourth-order valence-corrected chi connectivity index (χ4v) is 5.41. The van der Waals surface area contributed by atoms with E-state index in [1.807, 2.05) is 98.8 Å². The van der Waals surface area contributed by atoms with Crippen molar-refractivity contribution in [1.29, 1.82) is 0 Å². The summed E-state index contributed by atoms with van der Waals surface area (Å²) < 4.78 is 5.35. The lowest BCUT2D eigenvalue weighted by Gasteiger charge is -2.40. The highest BCUT2D eigenvalue weighted by Gasteiger charge is 2.34. The minimum absolute atomic E-state index is 0.0410. The maximum absolute atomic E-state index is 14.1. The highest BCUT2D eigenvalue weighted by atomic mass is 16.5. The molecule has 1 unspecified atom stereocenters. The first kappa shape index (κ1) is 29.6. The molecule has 0 saturated carbocycles. The summed E-state index contributed by atoms with van der Waals surface area (Å²) in [6.07, 6.45) is 1.23. The third-order valence-electron chi connectivity index (χ3n) is 7.60. The number of rotatable bonds is 8. The van der Waals surface area contributed by atoms with Crippen molar-refractivity contribution < 1.29 is 19.1 Å². The van der Waals surface area contributed by atoms with Crippen molar-refractivity contribution >= 4 is 17.8 Å². The van der Waals surface area contributed by atoms with Gasteiger partial charge in [-0.15, -0.1) is 0 Å². The number of nitrogens with zero attached hydrogens (tertiary/aromatic N) is 4. The number of piperazine rings is 1. The van der Waals surface area contributed by atoms with Gasteiger partial charge < -0.3 is 14.5 Å². The third-order valence-corrected chi connectivity index (χ3v) is 7.60. The summed E-state index contributed by atoms with van der Waals surface area (Å²) in [6.45, 7) is 6.80. The van der Waals surface area contributed by atoms with Gasteiger partial charge in [-0.25, -0.2) is 14.8 Å². The number of hydrogen-bond donors (Lipinski definition) is 0. The first-order valence-corrected chi connectivity index (χ1v) is 14.8. The van der Waals surface area contributed by atoms with Crippen LogP contribution < -0.4 is 0 Å². The molecular weight excluding hydrogens is 540 g/mol. The van der Waals surface area contributed by atoms with Crippen LogP contribution in [0.2, 0.25) is 0 Å². The molecule has 1 fully saturated rings. The number of carbonyl (C=O) groups is 3. The second kappa shape index (κ2) is 13.4. The maximum atomic E-state index is 14.1. The number of carbonyl (C=O) groups excluding carboxylic acids is 3. The predicted octanol–water partition coefficient (Wildman–Crippen LogP) is 5.93. The van der Waals surface area contributed by atoms with Gasteiger partial charge >= 0.3 is 5.97 Å². The Balaban J connectivity index is 1.39. The smallest absolute Gasteiger partial charge is 0.342 e. The number of amides is 2. The second-order valence-corrected chi connectivity index (χ2v) is 10.6. The van der Waals surface area contributed by atoms with Gasteiger partial charge in [0.2, 0.25) is 0 Å². The lowest BCUT2D eigenvalue weighted by molar-refractivity contribution is 0.0406. The molecule has 1 aromatic heterocycles. The van der Waals surface area contributed by atoms with E-state index in [1.165, 1.54) is 0 Å². The van der Waals surface area contributed by atoms with E-state index in [0.29, 0.717) is 43.1 Å². The van der Waals surface area contributed by atoms with Gasteiger partial charge in [0.1, 0.15) is 11.3 Å². The summed E-state index contributed by atoms with van der Waals surface area (Å²) in [7, 11) is 0. The Morgan fingerprint density at radius 2 is 1.42 bits per heavy atom. The van der Waals surface area contributed by atoms with Crippen LogP contribution in [-0.4, -0.2) is 69.8 Å². The monoisotopic (exact) mass is 576 g/mol. The average molecular weight is 577 g/mol. The van der Waals surface area contributed by atoms with Gasteiger partial charge in [0.15, 0.2) is 5.82 Å². The Morgan fingerprint density at radius 3 is 2.02 bits per heavy atom. The van der Waals surface area contributed by atoms with E-state index in [4.69, 9.17) is 9.72 Å². The number of benzene rings is 3. The van der Waals surface area contributed by atoms with Crippen LogP contribution >= 0.6 is 0 Å². The van der Waals surface area contributed by atoms with Crippen LogP contribution in [0.15, 0.2) is 84.9 Å². The quantitative estimate of drug-likeness (QED) is 0.242. The van der Waals surface area contributed by atoms with E-state index in [9.17, 15) is 14.4 Å². The minimum atomic E-state index is -0.602. The molecule has 2 amide bonds. The van der Waals surface area contributed by atoms with E-state index in [1.54, 1.807) is 16.7 Å². The van der Waals surface area contributed by atoms with Crippen molar-refractivity contribution in [2.75, 3.05) is 26.2 Å². The van der Waals surface area contributed by atoms with Crippen LogP contribution in [-0.2, 0) is 11.2 Å². The summed E-state index contributed by atoms with van der Waals surface area (Å²) >= 11 is 0. The molecule has 1 saturated heterocycles. The lowest BCUT2D eigenvalue weighted by atomic mass is 10.0. The molecule has 0 spiro atoms. The number of hydrogen-bond acceptors (Lipinski definition) is 6. The summed E-state index contributed by atoms with van der Waals surface area (Å²) in [5, 5.41) is 0. The van der Waals surface area contributed by atoms with E-state index in [-0.39, 0.29) is 35.7 Å². The molecule has 0 N–H and O–H groups in total. The van der Waals surface area contributed by atoms with Gasteiger partial charge in [-0.2, -0.15) is 0 Å². The van der Waals surface area contributed by atoms with Crippen LogP contribution in [0.3, 0.4) is 0 Å². The lowest BCUT2D eigenvalue weighted by Crippen LogP contribution is -2.55. The maximum Gasteiger partial charge on any atom is 0.342 e. The highest BCUT2D eigenvalue weighted by Crippen LogP contribution is 2.25. The fraction of sp³-hybridized carbons (Fsp3) is 0.286. The van der Waals surface area contributed by atoms with Crippen LogP contribution in [0.25, 0.3) is 22.5 Å². The summed E-state index contributed by atoms with van der Waals surface area (Å²) in [5.41, 5.74) is 4.15. The molecule has 8 heteroatoms. The Bertz CT molecular complexity index is 1590. The van der Waals surface area contributed by atoms with Crippen molar-refractivity contribution in [3.8, 4) is 22.5 Å². The molecule has 1 atom stereocenters. The minimum Gasteiger partial charge on any atom is -0.462 e. The number of ether oxygens (including phenoxy) is 1.